The SMILES string of the molecule is NC1(CN2CC(Oc3ccc4c(c3C(=O)O)OB(O)C3CC43)C2)CC1. The molecular formula is C17H21BN2O5. The summed E-state index contributed by atoms with van der Waals surface area (Å²) in [7, 11) is -0.927. The molecule has 0 aromatic heterocycles. The first-order valence-corrected chi connectivity index (χ1v) is 8.86. The molecule has 0 amide bonds. The van der Waals surface area contributed by atoms with E-state index in [0.29, 0.717) is 5.75 Å². The molecule has 1 aromatic rings. The molecule has 132 valence electrons. The Morgan fingerprint density at radius 2 is 2.20 bits per heavy atom. The smallest absolute Gasteiger partial charge is 0.526 e. The molecule has 2 aliphatic heterocycles. The predicted molar refractivity (Wildman–Crippen MR) is 90.1 cm³/mol. The van der Waals surface area contributed by atoms with Crippen molar-refractivity contribution in [2.24, 2.45) is 5.73 Å². The van der Waals surface area contributed by atoms with E-state index in [1.165, 1.54) is 0 Å². The number of nitrogens with two attached hydrogens (primary N) is 1. The van der Waals surface area contributed by atoms with Crippen molar-refractivity contribution in [1.29, 1.82) is 0 Å². The van der Waals surface area contributed by atoms with E-state index >= 15 is 0 Å². The first kappa shape index (κ1) is 15.5. The molecule has 8 heteroatoms. The number of aromatic carboxylic acids is 1. The Hall–Kier alpha value is -1.77. The highest BCUT2D eigenvalue weighted by atomic mass is 16.5. The van der Waals surface area contributed by atoms with Crippen LogP contribution in [0.3, 0.4) is 0 Å². The van der Waals surface area contributed by atoms with Gasteiger partial charge in [0.25, 0.3) is 0 Å². The molecule has 25 heavy (non-hydrogen) atoms. The molecule has 1 aromatic carbocycles. The Morgan fingerprint density at radius 1 is 1.44 bits per heavy atom. The van der Waals surface area contributed by atoms with Gasteiger partial charge in [0.2, 0.25) is 0 Å². The average molecular weight is 344 g/mol. The lowest BCUT2D eigenvalue weighted by atomic mass is 9.77. The molecule has 3 fully saturated rings. The first-order valence-electron chi connectivity index (χ1n) is 8.86. The zero-order valence-electron chi connectivity index (χ0n) is 13.9. The van der Waals surface area contributed by atoms with Crippen molar-refractivity contribution >= 4 is 13.1 Å². The standard InChI is InChI=1S/C17H21BN2O5/c19-17(3-4-17)8-20-6-9(7-20)24-13-2-1-10-11-5-12(11)18(23)25-15(10)14(13)16(21)22/h1-2,9,11-12,23H,3-8,19H2,(H,21,22). The van der Waals surface area contributed by atoms with E-state index in [1.807, 2.05) is 6.07 Å². The van der Waals surface area contributed by atoms with E-state index in [9.17, 15) is 14.9 Å². The van der Waals surface area contributed by atoms with Gasteiger partial charge in [-0.05, 0) is 36.8 Å². The van der Waals surface area contributed by atoms with Gasteiger partial charge in [-0.3, -0.25) is 4.90 Å². The second-order valence-electron chi connectivity index (χ2n) is 7.97. The lowest BCUT2D eigenvalue weighted by Crippen LogP contribution is -2.57. The van der Waals surface area contributed by atoms with Crippen LogP contribution in [0.2, 0.25) is 5.82 Å². The lowest BCUT2D eigenvalue weighted by Gasteiger charge is -2.40. The molecular weight excluding hydrogens is 323 g/mol. The van der Waals surface area contributed by atoms with E-state index in [4.69, 9.17) is 15.1 Å². The minimum absolute atomic E-state index is 0.0200. The number of carboxylic acid groups (broad SMARTS) is 1. The molecule has 2 saturated carbocycles. The Morgan fingerprint density at radius 3 is 2.88 bits per heavy atom. The molecule has 0 radical (unpaired) electrons. The molecule has 2 aliphatic carbocycles. The van der Waals surface area contributed by atoms with E-state index in [0.717, 1.165) is 44.5 Å². The van der Waals surface area contributed by atoms with Gasteiger partial charge < -0.3 is 25.3 Å². The van der Waals surface area contributed by atoms with Gasteiger partial charge in [0.15, 0.2) is 0 Å². The topological polar surface area (TPSA) is 105 Å². The highest BCUT2D eigenvalue weighted by Gasteiger charge is 2.54. The van der Waals surface area contributed by atoms with Gasteiger partial charge >= 0.3 is 13.1 Å². The van der Waals surface area contributed by atoms with Crippen molar-refractivity contribution in [1.82, 2.24) is 4.90 Å². The van der Waals surface area contributed by atoms with Crippen molar-refractivity contribution in [2.45, 2.75) is 42.6 Å². The third kappa shape index (κ3) is 2.59. The first-order chi connectivity index (χ1) is 11.9. The number of benzene rings is 1. The predicted octanol–water partition coefficient (Wildman–Crippen LogP) is 0.669. The van der Waals surface area contributed by atoms with Gasteiger partial charge in [0.1, 0.15) is 23.2 Å². The fraction of sp³-hybridized carbons (Fsp3) is 0.588. The van der Waals surface area contributed by atoms with Crippen LogP contribution in [-0.4, -0.2) is 59.4 Å². The summed E-state index contributed by atoms with van der Waals surface area (Å²) in [4.78, 5) is 14.0. The van der Waals surface area contributed by atoms with Crippen LogP contribution in [0.5, 0.6) is 11.5 Å². The van der Waals surface area contributed by atoms with Crippen LogP contribution < -0.4 is 15.1 Å². The minimum atomic E-state index is -1.09. The summed E-state index contributed by atoms with van der Waals surface area (Å²) >= 11 is 0. The van der Waals surface area contributed by atoms with Gasteiger partial charge in [0.05, 0.1) is 0 Å². The van der Waals surface area contributed by atoms with E-state index < -0.39 is 13.1 Å². The number of ether oxygens (including phenoxy) is 1. The van der Waals surface area contributed by atoms with Gasteiger partial charge in [-0.25, -0.2) is 4.79 Å². The van der Waals surface area contributed by atoms with E-state index in [2.05, 4.69) is 4.90 Å². The van der Waals surface area contributed by atoms with Crippen molar-refractivity contribution in [3.05, 3.63) is 23.3 Å². The van der Waals surface area contributed by atoms with Crippen molar-refractivity contribution in [3.8, 4) is 11.5 Å². The summed E-state index contributed by atoms with van der Waals surface area (Å²) in [5.41, 5.74) is 7.00. The van der Waals surface area contributed by atoms with Gasteiger partial charge in [-0.15, -0.1) is 0 Å². The summed E-state index contributed by atoms with van der Waals surface area (Å²) in [6.45, 7) is 2.38. The van der Waals surface area contributed by atoms with Crippen LogP contribution in [0.4, 0.5) is 0 Å². The van der Waals surface area contributed by atoms with Crippen LogP contribution in [0, 0.1) is 0 Å². The third-order valence-corrected chi connectivity index (χ3v) is 5.86. The molecule has 2 heterocycles. The number of likely N-dealkylation sites (tertiary alicyclic amines) is 1. The maximum atomic E-state index is 11.8. The number of nitrogens with zero attached hydrogens (tertiary/aromatic N) is 1. The Kier molecular flexibility index (Phi) is 3.17. The fourth-order valence-corrected chi connectivity index (χ4v) is 4.07. The van der Waals surface area contributed by atoms with Crippen molar-refractivity contribution < 1.29 is 24.3 Å². The zero-order valence-corrected chi connectivity index (χ0v) is 13.9. The van der Waals surface area contributed by atoms with Crippen LogP contribution in [0.1, 0.15) is 41.1 Å². The minimum Gasteiger partial charge on any atom is -0.535 e. The van der Waals surface area contributed by atoms with E-state index in [1.54, 1.807) is 6.07 Å². The third-order valence-electron chi connectivity index (χ3n) is 5.86. The summed E-state index contributed by atoms with van der Waals surface area (Å²) in [6, 6.07) is 3.61. The van der Waals surface area contributed by atoms with Crippen molar-refractivity contribution in [2.75, 3.05) is 19.6 Å². The number of hydrogen-bond acceptors (Lipinski definition) is 6. The van der Waals surface area contributed by atoms with Crippen LogP contribution in [0.25, 0.3) is 0 Å². The molecule has 0 bridgehead atoms. The largest absolute Gasteiger partial charge is 0.535 e. The van der Waals surface area contributed by atoms with Crippen molar-refractivity contribution in [3.63, 3.8) is 0 Å². The molecule has 1 saturated heterocycles. The average Bonchev–Trinajstić information content (AvgIpc) is 3.41. The summed E-state index contributed by atoms with van der Waals surface area (Å²) < 4.78 is 11.4. The molecule has 0 spiro atoms. The molecule has 4 aliphatic rings. The molecule has 2 unspecified atom stereocenters. The maximum Gasteiger partial charge on any atom is 0.526 e. The number of fused-ring (bicyclic) bond motifs is 3. The van der Waals surface area contributed by atoms with Gasteiger partial charge in [-0.1, -0.05) is 6.07 Å². The highest BCUT2D eigenvalue weighted by molar-refractivity contribution is 6.48. The van der Waals surface area contributed by atoms with E-state index in [-0.39, 0.29) is 34.7 Å². The van der Waals surface area contributed by atoms with Gasteiger partial charge in [0, 0.05) is 31.0 Å². The normalized spacial score (nSPS) is 29.1. The Labute approximate surface area is 145 Å². The molecule has 5 rings (SSSR count). The molecule has 2 atom stereocenters. The second kappa shape index (κ2) is 5.12. The number of rotatable bonds is 5. The van der Waals surface area contributed by atoms with Gasteiger partial charge in [-0.2, -0.15) is 0 Å². The Bertz CT molecular complexity index is 747. The summed E-state index contributed by atoms with van der Waals surface area (Å²) in [5, 5.41) is 19.6. The maximum absolute atomic E-state index is 11.8. The quantitative estimate of drug-likeness (QED) is 0.674. The summed E-state index contributed by atoms with van der Waals surface area (Å²) in [6.07, 6.45) is 2.95. The number of hydrogen-bond donors (Lipinski definition) is 3. The summed E-state index contributed by atoms with van der Waals surface area (Å²) in [5.74, 6) is -0.216. The second-order valence-corrected chi connectivity index (χ2v) is 7.97. The number of carbonyl (C=O) groups is 1. The van der Waals surface area contributed by atoms with Crippen LogP contribution in [0.15, 0.2) is 12.1 Å². The molecule has 7 nitrogen and oxygen atoms in total. The monoisotopic (exact) mass is 344 g/mol. The lowest BCUT2D eigenvalue weighted by molar-refractivity contribution is 0.0137. The fourth-order valence-electron chi connectivity index (χ4n) is 4.07. The highest BCUT2D eigenvalue weighted by Crippen LogP contribution is 2.60. The molecule has 4 N–H and O–H groups in total. The zero-order chi connectivity index (χ0) is 17.3. The number of carboxylic acids is 1. The Balaban J connectivity index is 1.34. The van der Waals surface area contributed by atoms with Crippen LogP contribution >= 0.6 is 0 Å². The van der Waals surface area contributed by atoms with Crippen LogP contribution in [-0.2, 0) is 0 Å².